The standard InChI is InChI=1S/C26H26N4O2/c31-23(28-14-6-1-7-15-28)13-17-29-22-11-5-3-8-18(22)19-12-16-30-25(24(19)29)27-21-10-4-2-9-20(21)26(30)32/h2-5,8-11H,1,6-7,12-17H2. The summed E-state index contributed by atoms with van der Waals surface area (Å²) in [4.78, 5) is 33.1. The third kappa shape index (κ3) is 2.97. The lowest BCUT2D eigenvalue weighted by Crippen LogP contribution is -2.36. The molecular weight excluding hydrogens is 400 g/mol. The highest BCUT2D eigenvalue weighted by molar-refractivity contribution is 5.92. The van der Waals surface area contributed by atoms with Gasteiger partial charge in [-0.05, 0) is 49.4 Å². The molecule has 1 saturated heterocycles. The first-order valence-electron chi connectivity index (χ1n) is 11.6. The van der Waals surface area contributed by atoms with Crippen LogP contribution in [0.4, 0.5) is 0 Å². The van der Waals surface area contributed by atoms with Gasteiger partial charge in [-0.15, -0.1) is 0 Å². The highest BCUT2D eigenvalue weighted by Gasteiger charge is 2.27. The SMILES string of the molecule is O=C(CCn1c2c(c3ccccc31)CCn1c-2nc2ccccc2c1=O)N1CCCCC1. The topological polar surface area (TPSA) is 60.1 Å². The predicted molar refractivity (Wildman–Crippen MR) is 126 cm³/mol. The molecule has 6 heteroatoms. The quantitative estimate of drug-likeness (QED) is 0.498. The Labute approximate surface area is 186 Å². The fourth-order valence-electron chi connectivity index (χ4n) is 5.40. The smallest absolute Gasteiger partial charge is 0.261 e. The fraction of sp³-hybridized carbons (Fsp3) is 0.346. The van der Waals surface area contributed by atoms with Crippen molar-refractivity contribution in [2.75, 3.05) is 13.1 Å². The van der Waals surface area contributed by atoms with Crippen LogP contribution >= 0.6 is 0 Å². The summed E-state index contributed by atoms with van der Waals surface area (Å²) in [5.74, 6) is 0.937. The normalized spacial score (nSPS) is 15.7. The molecule has 162 valence electrons. The summed E-state index contributed by atoms with van der Waals surface area (Å²) in [5, 5.41) is 1.85. The van der Waals surface area contributed by atoms with Crippen molar-refractivity contribution in [3.63, 3.8) is 0 Å². The van der Waals surface area contributed by atoms with E-state index in [4.69, 9.17) is 4.98 Å². The molecular formula is C26H26N4O2. The fourth-order valence-corrected chi connectivity index (χ4v) is 5.40. The van der Waals surface area contributed by atoms with Crippen molar-refractivity contribution in [2.45, 2.75) is 45.2 Å². The van der Waals surface area contributed by atoms with E-state index in [-0.39, 0.29) is 11.5 Å². The molecule has 2 aliphatic rings. The zero-order chi connectivity index (χ0) is 21.7. The number of aromatic nitrogens is 3. The van der Waals surface area contributed by atoms with Crippen LogP contribution in [0.2, 0.25) is 0 Å². The Hall–Kier alpha value is -3.41. The molecule has 0 atom stereocenters. The van der Waals surface area contributed by atoms with Crippen LogP contribution in [0.25, 0.3) is 33.3 Å². The van der Waals surface area contributed by atoms with Crippen LogP contribution in [0.1, 0.15) is 31.2 Å². The Balaban J connectivity index is 1.49. The maximum absolute atomic E-state index is 13.2. The van der Waals surface area contributed by atoms with Gasteiger partial charge in [-0.3, -0.25) is 14.2 Å². The van der Waals surface area contributed by atoms with E-state index in [9.17, 15) is 9.59 Å². The van der Waals surface area contributed by atoms with E-state index >= 15 is 0 Å². The van der Waals surface area contributed by atoms with E-state index in [1.165, 1.54) is 17.4 Å². The minimum absolute atomic E-state index is 0.0115. The van der Waals surface area contributed by atoms with Crippen LogP contribution in [-0.2, 0) is 24.3 Å². The van der Waals surface area contributed by atoms with Gasteiger partial charge in [0.2, 0.25) is 5.91 Å². The molecule has 0 saturated carbocycles. The van der Waals surface area contributed by atoms with Crippen molar-refractivity contribution in [1.82, 2.24) is 19.0 Å². The molecule has 6 rings (SSSR count). The number of likely N-dealkylation sites (tertiary alicyclic amines) is 1. The van der Waals surface area contributed by atoms with Gasteiger partial charge >= 0.3 is 0 Å². The maximum atomic E-state index is 13.2. The van der Waals surface area contributed by atoms with Crippen LogP contribution in [-0.4, -0.2) is 38.0 Å². The minimum Gasteiger partial charge on any atom is -0.343 e. The number of hydrogen-bond acceptors (Lipinski definition) is 3. The molecule has 4 aromatic rings. The summed E-state index contributed by atoms with van der Waals surface area (Å²) in [5.41, 5.74) is 4.06. The van der Waals surface area contributed by atoms with Gasteiger partial charge in [0.05, 0.1) is 16.6 Å². The number of carbonyl (C=O) groups is 1. The van der Waals surface area contributed by atoms with Gasteiger partial charge in [0.25, 0.3) is 5.56 Å². The van der Waals surface area contributed by atoms with Gasteiger partial charge in [0.15, 0.2) is 5.82 Å². The lowest BCUT2D eigenvalue weighted by molar-refractivity contribution is -0.132. The lowest BCUT2D eigenvalue weighted by Gasteiger charge is -2.27. The van der Waals surface area contributed by atoms with Gasteiger partial charge in [-0.2, -0.15) is 0 Å². The Bertz CT molecular complexity index is 1410. The number of fused-ring (bicyclic) bond motifs is 6. The second-order valence-corrected chi connectivity index (χ2v) is 8.85. The number of carbonyl (C=O) groups excluding carboxylic acids is 1. The van der Waals surface area contributed by atoms with E-state index in [2.05, 4.69) is 22.8 Å². The Morgan fingerprint density at radius 2 is 1.66 bits per heavy atom. The third-order valence-electron chi connectivity index (χ3n) is 6.99. The zero-order valence-electron chi connectivity index (χ0n) is 18.1. The van der Waals surface area contributed by atoms with Gasteiger partial charge in [-0.1, -0.05) is 30.3 Å². The summed E-state index contributed by atoms with van der Waals surface area (Å²) >= 11 is 0. The average Bonchev–Trinajstić information content (AvgIpc) is 3.17. The van der Waals surface area contributed by atoms with Gasteiger partial charge in [-0.25, -0.2) is 4.98 Å². The Morgan fingerprint density at radius 3 is 2.50 bits per heavy atom. The number of para-hydroxylation sites is 2. The largest absolute Gasteiger partial charge is 0.343 e. The predicted octanol–water partition coefficient (Wildman–Crippen LogP) is 3.98. The zero-order valence-corrected chi connectivity index (χ0v) is 18.1. The molecule has 6 nitrogen and oxygen atoms in total. The van der Waals surface area contributed by atoms with E-state index in [0.717, 1.165) is 54.9 Å². The highest BCUT2D eigenvalue weighted by Crippen LogP contribution is 2.36. The molecule has 0 spiro atoms. The van der Waals surface area contributed by atoms with Crippen LogP contribution in [0.3, 0.4) is 0 Å². The first kappa shape index (κ1) is 19.3. The number of rotatable bonds is 3. The van der Waals surface area contributed by atoms with E-state index in [0.29, 0.717) is 24.9 Å². The lowest BCUT2D eigenvalue weighted by atomic mass is 10.0. The summed E-state index contributed by atoms with van der Waals surface area (Å²) < 4.78 is 4.03. The molecule has 0 aliphatic carbocycles. The molecule has 0 N–H and O–H groups in total. The Morgan fingerprint density at radius 1 is 0.906 bits per heavy atom. The maximum Gasteiger partial charge on any atom is 0.261 e. The van der Waals surface area contributed by atoms with Crippen LogP contribution in [0.15, 0.2) is 53.3 Å². The van der Waals surface area contributed by atoms with Crippen molar-refractivity contribution in [1.29, 1.82) is 0 Å². The van der Waals surface area contributed by atoms with Crippen LogP contribution < -0.4 is 5.56 Å². The third-order valence-corrected chi connectivity index (χ3v) is 6.99. The number of hydrogen-bond donors (Lipinski definition) is 0. The molecule has 1 amide bonds. The molecule has 1 fully saturated rings. The molecule has 4 heterocycles. The van der Waals surface area contributed by atoms with Crippen LogP contribution in [0, 0.1) is 0 Å². The van der Waals surface area contributed by atoms with Crippen molar-refractivity contribution < 1.29 is 4.79 Å². The van der Waals surface area contributed by atoms with E-state index < -0.39 is 0 Å². The highest BCUT2D eigenvalue weighted by atomic mass is 16.2. The molecule has 0 unspecified atom stereocenters. The molecule has 2 aromatic heterocycles. The average molecular weight is 427 g/mol. The number of aryl methyl sites for hydroxylation is 2. The van der Waals surface area contributed by atoms with Crippen molar-refractivity contribution >= 4 is 27.7 Å². The van der Waals surface area contributed by atoms with Gasteiger partial charge < -0.3 is 9.47 Å². The molecule has 0 bridgehead atoms. The summed E-state index contributed by atoms with van der Waals surface area (Å²) in [7, 11) is 0. The second-order valence-electron chi connectivity index (χ2n) is 8.85. The first-order valence-corrected chi connectivity index (χ1v) is 11.6. The van der Waals surface area contributed by atoms with E-state index in [1.807, 2.05) is 39.8 Å². The van der Waals surface area contributed by atoms with E-state index in [1.54, 1.807) is 0 Å². The number of amides is 1. The summed E-state index contributed by atoms with van der Waals surface area (Å²) in [6.07, 6.45) is 4.66. The monoisotopic (exact) mass is 426 g/mol. The molecule has 0 radical (unpaired) electrons. The van der Waals surface area contributed by atoms with Crippen LogP contribution in [0.5, 0.6) is 0 Å². The number of benzene rings is 2. The summed E-state index contributed by atoms with van der Waals surface area (Å²) in [6, 6.07) is 15.9. The minimum atomic E-state index is 0.0115. The second kappa shape index (κ2) is 7.62. The molecule has 2 aromatic carbocycles. The summed E-state index contributed by atoms with van der Waals surface area (Å²) in [6.45, 7) is 2.96. The van der Waals surface area contributed by atoms with Gasteiger partial charge in [0, 0.05) is 43.5 Å². The number of piperidine rings is 1. The Kier molecular flexibility index (Phi) is 4.59. The first-order chi connectivity index (χ1) is 15.7. The van der Waals surface area contributed by atoms with Gasteiger partial charge in [0.1, 0.15) is 0 Å². The van der Waals surface area contributed by atoms with Crippen molar-refractivity contribution in [2.24, 2.45) is 0 Å². The molecule has 32 heavy (non-hydrogen) atoms. The van der Waals surface area contributed by atoms with Crippen molar-refractivity contribution in [3.05, 3.63) is 64.4 Å². The number of nitrogens with zero attached hydrogens (tertiary/aromatic N) is 4. The van der Waals surface area contributed by atoms with Crippen molar-refractivity contribution in [3.8, 4) is 11.5 Å². The molecule has 2 aliphatic heterocycles.